The van der Waals surface area contributed by atoms with Gasteiger partial charge in [0.2, 0.25) is 0 Å². The van der Waals surface area contributed by atoms with E-state index in [4.69, 9.17) is 0 Å². The Labute approximate surface area is 119 Å². The monoisotopic (exact) mass is 299 g/mol. The maximum absolute atomic E-state index is 14.2. The van der Waals surface area contributed by atoms with Crippen LogP contribution in [0.15, 0.2) is 36.8 Å². The van der Waals surface area contributed by atoms with Crippen molar-refractivity contribution in [1.82, 2.24) is 15.3 Å². The van der Waals surface area contributed by atoms with Crippen LogP contribution in [0.4, 0.5) is 17.6 Å². The first-order valence-electron chi connectivity index (χ1n) is 6.30. The van der Waals surface area contributed by atoms with Crippen LogP contribution in [-0.4, -0.2) is 16.5 Å². The SMILES string of the molecule is CCNC(c1cnccn1)c1cccc(C(F)(F)F)c1F. The Hall–Kier alpha value is -2.02. The Morgan fingerprint density at radius 1 is 1.24 bits per heavy atom. The van der Waals surface area contributed by atoms with E-state index in [1.807, 2.05) is 0 Å². The summed E-state index contributed by atoms with van der Waals surface area (Å²) in [5, 5.41) is 2.92. The molecule has 1 unspecified atom stereocenters. The lowest BCUT2D eigenvalue weighted by Crippen LogP contribution is -2.25. The van der Waals surface area contributed by atoms with E-state index in [0.29, 0.717) is 12.2 Å². The second-order valence-electron chi connectivity index (χ2n) is 4.33. The molecule has 0 bridgehead atoms. The molecule has 1 aromatic carbocycles. The van der Waals surface area contributed by atoms with E-state index in [1.54, 1.807) is 6.92 Å². The summed E-state index contributed by atoms with van der Waals surface area (Å²) in [4.78, 5) is 7.90. The van der Waals surface area contributed by atoms with E-state index in [2.05, 4.69) is 15.3 Å². The molecule has 1 aromatic heterocycles. The van der Waals surface area contributed by atoms with Crippen LogP contribution in [0.25, 0.3) is 0 Å². The number of aromatic nitrogens is 2. The van der Waals surface area contributed by atoms with Crippen molar-refractivity contribution in [3.63, 3.8) is 0 Å². The molecule has 1 heterocycles. The Balaban J connectivity index is 2.52. The summed E-state index contributed by atoms with van der Waals surface area (Å²) in [5.74, 6) is -1.29. The van der Waals surface area contributed by atoms with E-state index < -0.39 is 23.6 Å². The smallest absolute Gasteiger partial charge is 0.305 e. The van der Waals surface area contributed by atoms with Crippen molar-refractivity contribution in [2.24, 2.45) is 0 Å². The first-order valence-corrected chi connectivity index (χ1v) is 6.30. The predicted molar refractivity (Wildman–Crippen MR) is 69.0 cm³/mol. The van der Waals surface area contributed by atoms with Crippen LogP contribution < -0.4 is 5.32 Å². The van der Waals surface area contributed by atoms with Gasteiger partial charge in [0.05, 0.1) is 23.5 Å². The fourth-order valence-corrected chi connectivity index (χ4v) is 2.03. The lowest BCUT2D eigenvalue weighted by Gasteiger charge is -2.20. The average Bonchev–Trinajstić information content (AvgIpc) is 2.45. The Bertz CT molecular complexity index is 599. The minimum absolute atomic E-state index is 0.104. The Morgan fingerprint density at radius 2 is 2.00 bits per heavy atom. The zero-order valence-electron chi connectivity index (χ0n) is 11.2. The molecule has 0 fully saturated rings. The third kappa shape index (κ3) is 3.36. The molecule has 3 nitrogen and oxygen atoms in total. The van der Waals surface area contributed by atoms with Crippen LogP contribution in [0.1, 0.15) is 29.8 Å². The van der Waals surface area contributed by atoms with Gasteiger partial charge in [0.15, 0.2) is 0 Å². The fraction of sp³-hybridized carbons (Fsp3) is 0.286. The highest BCUT2D eigenvalue weighted by Gasteiger charge is 2.36. The average molecular weight is 299 g/mol. The summed E-state index contributed by atoms with van der Waals surface area (Å²) in [6.45, 7) is 2.21. The molecule has 21 heavy (non-hydrogen) atoms. The summed E-state index contributed by atoms with van der Waals surface area (Å²) in [6, 6.07) is 2.43. The maximum Gasteiger partial charge on any atom is 0.419 e. The molecule has 0 aliphatic carbocycles. The molecule has 0 aliphatic rings. The summed E-state index contributed by atoms with van der Waals surface area (Å²) in [6.07, 6.45) is -0.494. The molecule has 0 saturated heterocycles. The second-order valence-corrected chi connectivity index (χ2v) is 4.33. The summed E-state index contributed by atoms with van der Waals surface area (Å²) in [7, 11) is 0. The van der Waals surface area contributed by atoms with Crippen molar-refractivity contribution in [1.29, 1.82) is 0 Å². The van der Waals surface area contributed by atoms with Crippen LogP contribution >= 0.6 is 0 Å². The normalized spacial score (nSPS) is 13.2. The molecular formula is C14H13F4N3. The minimum Gasteiger partial charge on any atom is -0.305 e. The van der Waals surface area contributed by atoms with Gasteiger partial charge in [-0.05, 0) is 12.6 Å². The van der Waals surface area contributed by atoms with Gasteiger partial charge >= 0.3 is 6.18 Å². The molecule has 1 atom stereocenters. The number of nitrogens with one attached hydrogen (secondary N) is 1. The fourth-order valence-electron chi connectivity index (χ4n) is 2.03. The number of rotatable bonds is 4. The third-order valence-electron chi connectivity index (χ3n) is 2.93. The van der Waals surface area contributed by atoms with Gasteiger partial charge in [0.1, 0.15) is 5.82 Å². The van der Waals surface area contributed by atoms with Crippen LogP contribution in [0, 0.1) is 5.82 Å². The van der Waals surface area contributed by atoms with E-state index in [9.17, 15) is 17.6 Å². The highest BCUT2D eigenvalue weighted by atomic mass is 19.4. The quantitative estimate of drug-likeness (QED) is 0.880. The molecule has 7 heteroatoms. The molecule has 0 radical (unpaired) electrons. The van der Waals surface area contributed by atoms with Gasteiger partial charge in [-0.1, -0.05) is 19.1 Å². The van der Waals surface area contributed by atoms with Crippen LogP contribution in [0.3, 0.4) is 0 Å². The van der Waals surface area contributed by atoms with E-state index in [-0.39, 0.29) is 5.56 Å². The number of benzene rings is 1. The third-order valence-corrected chi connectivity index (χ3v) is 2.93. The number of hydrogen-bond acceptors (Lipinski definition) is 3. The highest BCUT2D eigenvalue weighted by molar-refractivity contribution is 5.34. The molecule has 0 amide bonds. The van der Waals surface area contributed by atoms with Crippen molar-refractivity contribution >= 4 is 0 Å². The van der Waals surface area contributed by atoms with E-state index >= 15 is 0 Å². The minimum atomic E-state index is -4.74. The van der Waals surface area contributed by atoms with Crippen molar-refractivity contribution in [3.8, 4) is 0 Å². The molecule has 0 saturated carbocycles. The van der Waals surface area contributed by atoms with E-state index in [1.165, 1.54) is 30.7 Å². The van der Waals surface area contributed by atoms with Gasteiger partial charge in [-0.25, -0.2) is 4.39 Å². The Kier molecular flexibility index (Phi) is 4.52. The maximum atomic E-state index is 14.2. The molecule has 2 rings (SSSR count). The topological polar surface area (TPSA) is 37.8 Å². The van der Waals surface area contributed by atoms with Crippen molar-refractivity contribution in [2.75, 3.05) is 6.54 Å². The number of halogens is 4. The zero-order valence-corrected chi connectivity index (χ0v) is 11.2. The summed E-state index contributed by atoms with van der Waals surface area (Å²) < 4.78 is 52.6. The van der Waals surface area contributed by atoms with Crippen molar-refractivity contribution < 1.29 is 17.6 Å². The van der Waals surface area contributed by atoms with Crippen molar-refractivity contribution in [3.05, 3.63) is 59.4 Å². The molecule has 1 N–H and O–H groups in total. The highest BCUT2D eigenvalue weighted by Crippen LogP contribution is 2.34. The summed E-state index contributed by atoms with van der Waals surface area (Å²) in [5.41, 5.74) is -1.03. The molecule has 2 aromatic rings. The van der Waals surface area contributed by atoms with Crippen LogP contribution in [-0.2, 0) is 6.18 Å². The molecule has 0 aliphatic heterocycles. The standard InChI is InChI=1S/C14H13F4N3/c1-2-20-13(11-8-19-6-7-21-11)9-4-3-5-10(12(9)15)14(16,17)18/h3-8,13,20H,2H2,1H3. The zero-order chi connectivity index (χ0) is 15.5. The molecular weight excluding hydrogens is 286 g/mol. The molecule has 0 spiro atoms. The van der Waals surface area contributed by atoms with Gasteiger partial charge < -0.3 is 5.32 Å². The number of hydrogen-bond donors (Lipinski definition) is 1. The predicted octanol–water partition coefficient (Wildman–Crippen LogP) is 3.33. The second kappa shape index (κ2) is 6.17. The van der Waals surface area contributed by atoms with Gasteiger partial charge in [-0.2, -0.15) is 13.2 Å². The first kappa shape index (κ1) is 15.4. The van der Waals surface area contributed by atoms with Crippen molar-refractivity contribution in [2.45, 2.75) is 19.1 Å². The molecule has 112 valence electrons. The first-order chi connectivity index (χ1) is 9.95. The van der Waals surface area contributed by atoms with Crippen LogP contribution in [0.5, 0.6) is 0 Å². The van der Waals surface area contributed by atoms with Gasteiger partial charge in [-0.3, -0.25) is 9.97 Å². The lowest BCUT2D eigenvalue weighted by atomic mass is 10.00. The van der Waals surface area contributed by atoms with Gasteiger partial charge in [0, 0.05) is 18.0 Å². The number of nitrogens with zero attached hydrogens (tertiary/aromatic N) is 2. The summed E-state index contributed by atoms with van der Waals surface area (Å²) >= 11 is 0. The largest absolute Gasteiger partial charge is 0.419 e. The van der Waals surface area contributed by atoms with Gasteiger partial charge in [-0.15, -0.1) is 0 Å². The number of alkyl halides is 3. The van der Waals surface area contributed by atoms with Gasteiger partial charge in [0.25, 0.3) is 0 Å². The lowest BCUT2D eigenvalue weighted by molar-refractivity contribution is -0.140. The van der Waals surface area contributed by atoms with E-state index in [0.717, 1.165) is 6.07 Å². The Morgan fingerprint density at radius 3 is 2.57 bits per heavy atom. The van der Waals surface area contributed by atoms with Crippen LogP contribution in [0.2, 0.25) is 0 Å².